The van der Waals surface area contributed by atoms with Crippen LogP contribution in [0.4, 0.5) is 35.1 Å². The van der Waals surface area contributed by atoms with Gasteiger partial charge in [-0.25, -0.2) is 25.6 Å². The van der Waals surface area contributed by atoms with Gasteiger partial charge in [0.15, 0.2) is 29.4 Å². The molecule has 0 saturated carbocycles. The van der Waals surface area contributed by atoms with Crippen LogP contribution in [-0.2, 0) is 42.0 Å². The Labute approximate surface area is 560 Å². The average molecular weight is 1400 g/mol. The Kier molecular flexibility index (Phi) is 41.0. The van der Waals surface area contributed by atoms with Gasteiger partial charge in [-0.1, -0.05) is 193 Å². The van der Waals surface area contributed by atoms with Crippen LogP contribution in [0.5, 0.6) is 23.0 Å². The molecule has 94 heavy (non-hydrogen) atoms. The summed E-state index contributed by atoms with van der Waals surface area (Å²) < 4.78 is 169. The highest BCUT2D eigenvalue weighted by Crippen LogP contribution is 2.36. The fourth-order valence-corrected chi connectivity index (χ4v) is 14.0. The number of unbranched alkanes of at least 4 members (excludes halogenated alkanes) is 20. The number of alkyl halides is 8. The van der Waals surface area contributed by atoms with Crippen molar-refractivity contribution < 1.29 is 80.0 Å². The molecule has 0 spiro atoms. The van der Waals surface area contributed by atoms with Crippen molar-refractivity contribution in [1.29, 1.82) is 0 Å². The number of hydrogen-bond donors (Lipinski definition) is 0. The first kappa shape index (κ1) is 82.7. The van der Waals surface area contributed by atoms with E-state index in [0.29, 0.717) is 0 Å². The third-order valence-electron chi connectivity index (χ3n) is 14.3. The molecule has 2 unspecified atom stereocenters. The van der Waals surface area contributed by atoms with E-state index in [1.165, 1.54) is 158 Å². The lowest BCUT2D eigenvalue weighted by atomic mass is 10.1. The Hall–Kier alpha value is -5.52. The van der Waals surface area contributed by atoms with Gasteiger partial charge < -0.3 is 28.1 Å². The molecule has 0 radical (unpaired) electrons. The molecule has 22 heteroatoms. The number of benzene rings is 6. The fourth-order valence-electron chi connectivity index (χ4n) is 9.23. The lowest BCUT2D eigenvalue weighted by Crippen LogP contribution is -2.32. The molecule has 0 bridgehead atoms. The summed E-state index contributed by atoms with van der Waals surface area (Å²) in [4.78, 5) is 7.86. The minimum atomic E-state index is -5.90. The zero-order valence-electron chi connectivity index (χ0n) is 54.7. The normalized spacial score (nSPS) is 12.3. The van der Waals surface area contributed by atoms with Crippen LogP contribution in [0, 0.1) is 0 Å². The quantitative estimate of drug-likeness (QED) is 0.0157. The minimum absolute atomic E-state index is 0.167. The van der Waals surface area contributed by atoms with Crippen LogP contribution in [0.3, 0.4) is 0 Å². The first-order valence-electron chi connectivity index (χ1n) is 32.8. The van der Waals surface area contributed by atoms with Crippen LogP contribution < -0.4 is 18.9 Å². The average Bonchev–Trinajstić information content (AvgIpc) is 0.827. The second kappa shape index (κ2) is 46.6. The lowest BCUT2D eigenvalue weighted by Gasteiger charge is -2.14. The molecule has 0 aliphatic rings. The van der Waals surface area contributed by atoms with Gasteiger partial charge in [-0.3, -0.25) is 0 Å². The number of rotatable bonds is 40. The predicted molar refractivity (Wildman–Crippen MR) is 360 cm³/mol. The van der Waals surface area contributed by atoms with Crippen molar-refractivity contribution in [2.45, 2.75) is 235 Å². The van der Waals surface area contributed by atoms with Crippen molar-refractivity contribution in [2.75, 3.05) is 26.4 Å². The molecule has 0 aliphatic heterocycles. The van der Waals surface area contributed by atoms with Gasteiger partial charge in [-0.05, 0) is 147 Å². The first-order valence-corrected chi connectivity index (χ1v) is 38.1. The van der Waals surface area contributed by atoms with Gasteiger partial charge in [0.1, 0.15) is 43.2 Å². The van der Waals surface area contributed by atoms with Crippen LogP contribution in [0.2, 0.25) is 0 Å². The second-order valence-corrected chi connectivity index (χ2v) is 29.1. The third-order valence-corrected chi connectivity index (χ3v) is 20.3. The van der Waals surface area contributed by atoms with Crippen LogP contribution in [0.25, 0.3) is 0 Å². The van der Waals surface area contributed by atoms with Gasteiger partial charge in [0, 0.05) is 0 Å². The molecule has 0 heterocycles. The van der Waals surface area contributed by atoms with Crippen molar-refractivity contribution in [3.8, 4) is 23.0 Å². The monoisotopic (exact) mass is 1400 g/mol. The Morgan fingerprint density at radius 2 is 0.489 bits per heavy atom. The van der Waals surface area contributed by atoms with Crippen LogP contribution in [0.1, 0.15) is 182 Å². The SMILES string of the molecule is CCCCCCCCOc1ccc([S+](c2ccccc2)c2ccc(OCCCCCCCC)cc2)cc1.CCCCCCCCOc1ccc([S+](c2ccccc2)c2ccc(OCCCCCCCC)cc2)cc1.O=S(=O)([O-])C(F)C(F)(F)F.O=S(=O)([O-])C(F)C(F)(F)F. The molecule has 0 aromatic heterocycles. The lowest BCUT2D eigenvalue weighted by molar-refractivity contribution is -0.158. The maximum Gasteiger partial charge on any atom is 0.433 e. The maximum atomic E-state index is 11.4. The van der Waals surface area contributed by atoms with Crippen LogP contribution in [0.15, 0.2) is 187 Å². The summed E-state index contributed by atoms with van der Waals surface area (Å²) in [5.74, 6) is 3.86. The molecule has 0 N–H and O–H groups in total. The molecule has 0 amide bonds. The molecule has 6 rings (SSSR count). The summed E-state index contributed by atoms with van der Waals surface area (Å²) in [6.45, 7) is 12.3. The van der Waals surface area contributed by atoms with E-state index in [1.807, 2.05) is 0 Å². The van der Waals surface area contributed by atoms with E-state index in [9.17, 15) is 61.1 Å². The smallest absolute Gasteiger partial charge is 0.433 e. The molecule has 10 nitrogen and oxygen atoms in total. The Morgan fingerprint density at radius 3 is 0.660 bits per heavy atom. The number of halogens is 8. The van der Waals surface area contributed by atoms with E-state index in [1.54, 1.807) is 0 Å². The van der Waals surface area contributed by atoms with E-state index in [-0.39, 0.29) is 21.8 Å². The molecule has 0 fully saturated rings. The highest BCUT2D eigenvalue weighted by Gasteiger charge is 2.46. The Balaban J connectivity index is 0.000000380. The topological polar surface area (TPSA) is 151 Å². The number of ether oxygens (including phenoxy) is 4. The maximum absolute atomic E-state index is 11.4. The third kappa shape index (κ3) is 34.9. The second-order valence-electron chi connectivity index (χ2n) is 22.3. The van der Waals surface area contributed by atoms with Gasteiger partial charge in [-0.2, -0.15) is 26.3 Å². The molecule has 0 saturated heterocycles. The molecule has 6 aromatic rings. The van der Waals surface area contributed by atoms with Gasteiger partial charge in [0.25, 0.3) is 11.0 Å². The highest BCUT2D eigenvalue weighted by atomic mass is 32.2. The van der Waals surface area contributed by atoms with E-state index in [2.05, 4.69) is 185 Å². The van der Waals surface area contributed by atoms with Crippen LogP contribution in [-0.4, -0.2) is 75.7 Å². The summed E-state index contributed by atoms with van der Waals surface area (Å²) >= 11 is 0. The van der Waals surface area contributed by atoms with Crippen molar-refractivity contribution >= 4 is 42.0 Å². The Bertz CT molecular complexity index is 2760. The molecule has 524 valence electrons. The molecule has 2 atom stereocenters. The largest absolute Gasteiger partial charge is 0.745 e. The number of hydrogen-bond acceptors (Lipinski definition) is 10. The standard InChI is InChI=1S/2C34H47O2S.2C2H2F4O3S/c2*1-3-5-7-9-11-16-28-35-30-20-24-33(25-21-30)37(32-18-14-13-15-19-32)34-26-22-31(23-27-34)36-29-17-12-10-8-6-4-2;2*3-1(2(4,5)6)10(7,8)9/h2*13-15,18-27H,3-12,16-17,28-29H2,1-2H3;2*1H,(H,7,8,9)/q2*+1;;/p-2. The van der Waals surface area contributed by atoms with Crippen molar-refractivity contribution in [1.82, 2.24) is 0 Å². The summed E-state index contributed by atoms with van der Waals surface area (Å²) in [5.41, 5.74) is -8.64. The van der Waals surface area contributed by atoms with Gasteiger partial charge in [-0.15, -0.1) is 0 Å². The van der Waals surface area contributed by atoms with Crippen molar-refractivity contribution in [2.24, 2.45) is 0 Å². The minimum Gasteiger partial charge on any atom is -0.745 e. The van der Waals surface area contributed by atoms with Gasteiger partial charge in [0.2, 0.25) is 0 Å². The summed E-state index contributed by atoms with van der Waals surface area (Å²) in [6.07, 6.45) is 19.5. The van der Waals surface area contributed by atoms with Crippen molar-refractivity contribution in [3.05, 3.63) is 158 Å². The summed E-state index contributed by atoms with van der Waals surface area (Å²) in [7, 11) is -12.1. The molecule has 0 aliphatic carbocycles. The molecular formula is C72H96F8O10S4. The van der Waals surface area contributed by atoms with E-state index >= 15 is 0 Å². The fraction of sp³-hybridized carbons (Fsp3) is 0.500. The van der Waals surface area contributed by atoms with Gasteiger partial charge in [0.05, 0.1) is 48.2 Å². The highest BCUT2D eigenvalue weighted by molar-refractivity contribution is 7.97. The molecular weight excluding hydrogens is 1310 g/mol. The van der Waals surface area contributed by atoms with Crippen molar-refractivity contribution in [3.63, 3.8) is 0 Å². The predicted octanol–water partition coefficient (Wildman–Crippen LogP) is 21.3. The van der Waals surface area contributed by atoms with E-state index < -0.39 is 43.6 Å². The zero-order valence-corrected chi connectivity index (χ0v) is 58.0. The Morgan fingerprint density at radius 1 is 0.309 bits per heavy atom. The van der Waals surface area contributed by atoms with Gasteiger partial charge >= 0.3 is 12.4 Å². The zero-order chi connectivity index (χ0) is 69.1. The van der Waals surface area contributed by atoms with E-state index in [4.69, 9.17) is 18.9 Å². The summed E-state index contributed by atoms with van der Waals surface area (Å²) in [6, 6.07) is 56.5. The summed E-state index contributed by atoms with van der Waals surface area (Å²) in [5, 5.41) is 0. The van der Waals surface area contributed by atoms with Crippen LogP contribution >= 0.6 is 0 Å². The first-order chi connectivity index (χ1) is 44.9. The molecule has 6 aromatic carbocycles. The van der Waals surface area contributed by atoms with E-state index in [0.717, 1.165) is 75.1 Å².